The molecule has 2 rings (SSSR count). The molecule has 2 nitrogen and oxygen atoms in total. The van der Waals surface area contributed by atoms with E-state index in [0.717, 1.165) is 19.4 Å². The zero-order valence-electron chi connectivity index (χ0n) is 12.7. The lowest BCUT2D eigenvalue weighted by Crippen LogP contribution is -2.32. The largest absolute Gasteiger partial charge is 0.377 e. The second kappa shape index (κ2) is 7.41. The summed E-state index contributed by atoms with van der Waals surface area (Å²) in [6, 6.07) is 15.3. The first-order valence-electron chi connectivity index (χ1n) is 7.58. The van der Waals surface area contributed by atoms with Crippen LogP contribution in [0, 0.1) is 0 Å². The van der Waals surface area contributed by atoms with E-state index in [2.05, 4.69) is 61.6 Å². The minimum Gasteiger partial charge on any atom is -0.377 e. The molecule has 108 valence electrons. The highest BCUT2D eigenvalue weighted by Crippen LogP contribution is 2.29. The molecule has 0 heterocycles. The summed E-state index contributed by atoms with van der Waals surface area (Å²) >= 11 is 0. The number of nitrogens with one attached hydrogen (secondary N) is 1. The van der Waals surface area contributed by atoms with E-state index in [4.69, 9.17) is 4.74 Å². The molecule has 2 unspecified atom stereocenters. The van der Waals surface area contributed by atoms with Gasteiger partial charge in [-0.05, 0) is 36.7 Å². The number of hydrogen-bond acceptors (Lipinski definition) is 2. The molecule has 20 heavy (non-hydrogen) atoms. The van der Waals surface area contributed by atoms with Gasteiger partial charge in [-0.25, -0.2) is 0 Å². The molecular formula is C18H25NO. The molecular weight excluding hydrogens is 246 g/mol. The van der Waals surface area contributed by atoms with E-state index in [-0.39, 0.29) is 12.1 Å². The number of fused-ring (bicyclic) bond motifs is 1. The SMILES string of the molecule is CCCC(OCC)C(NC)c1cccc2ccccc12. The highest BCUT2D eigenvalue weighted by Gasteiger charge is 2.22. The Morgan fingerprint density at radius 2 is 1.80 bits per heavy atom. The van der Waals surface area contributed by atoms with Crippen LogP contribution in [-0.2, 0) is 4.74 Å². The average Bonchev–Trinajstić information content (AvgIpc) is 2.49. The smallest absolute Gasteiger partial charge is 0.0769 e. The van der Waals surface area contributed by atoms with Gasteiger partial charge >= 0.3 is 0 Å². The van der Waals surface area contributed by atoms with Gasteiger partial charge in [0.1, 0.15) is 0 Å². The molecule has 0 aliphatic heterocycles. The third kappa shape index (κ3) is 3.20. The summed E-state index contributed by atoms with van der Waals surface area (Å²) in [5.41, 5.74) is 1.33. The lowest BCUT2D eigenvalue weighted by Gasteiger charge is -2.28. The third-order valence-corrected chi connectivity index (χ3v) is 3.80. The second-order valence-corrected chi connectivity index (χ2v) is 5.12. The summed E-state index contributed by atoms with van der Waals surface area (Å²) in [5.74, 6) is 0. The van der Waals surface area contributed by atoms with Gasteiger partial charge in [-0.15, -0.1) is 0 Å². The van der Waals surface area contributed by atoms with Crippen LogP contribution in [0.5, 0.6) is 0 Å². The van der Waals surface area contributed by atoms with Crippen molar-refractivity contribution >= 4 is 10.8 Å². The van der Waals surface area contributed by atoms with Crippen molar-refractivity contribution in [2.75, 3.05) is 13.7 Å². The van der Waals surface area contributed by atoms with Gasteiger partial charge in [0.2, 0.25) is 0 Å². The van der Waals surface area contributed by atoms with Gasteiger partial charge in [-0.2, -0.15) is 0 Å². The maximum Gasteiger partial charge on any atom is 0.0769 e. The first kappa shape index (κ1) is 15.0. The summed E-state index contributed by atoms with van der Waals surface area (Å²) in [5, 5.41) is 6.06. The molecule has 0 aliphatic rings. The van der Waals surface area contributed by atoms with Crippen molar-refractivity contribution < 1.29 is 4.74 Å². The van der Waals surface area contributed by atoms with E-state index in [9.17, 15) is 0 Å². The number of hydrogen-bond donors (Lipinski definition) is 1. The van der Waals surface area contributed by atoms with Crippen LogP contribution < -0.4 is 5.32 Å². The van der Waals surface area contributed by atoms with Gasteiger partial charge in [0.25, 0.3) is 0 Å². The van der Waals surface area contributed by atoms with Crippen molar-refractivity contribution in [2.45, 2.75) is 38.8 Å². The number of rotatable bonds is 7. The zero-order valence-corrected chi connectivity index (χ0v) is 12.7. The Labute approximate surface area is 122 Å². The lowest BCUT2D eigenvalue weighted by molar-refractivity contribution is 0.0299. The Bertz CT molecular complexity index is 526. The molecule has 2 aromatic rings. The fourth-order valence-corrected chi connectivity index (χ4v) is 2.91. The number of likely N-dealkylation sites (N-methyl/N-ethyl adjacent to an activating group) is 1. The molecule has 1 N–H and O–H groups in total. The summed E-state index contributed by atoms with van der Waals surface area (Å²) in [7, 11) is 2.02. The second-order valence-electron chi connectivity index (χ2n) is 5.12. The van der Waals surface area contributed by atoms with Gasteiger partial charge in [0.15, 0.2) is 0 Å². The normalized spacial score (nSPS) is 14.3. The van der Waals surface area contributed by atoms with Crippen molar-refractivity contribution in [1.82, 2.24) is 5.32 Å². The molecule has 0 saturated carbocycles. The van der Waals surface area contributed by atoms with Crippen LogP contribution in [0.4, 0.5) is 0 Å². The summed E-state index contributed by atoms with van der Waals surface area (Å²) < 4.78 is 5.98. The van der Waals surface area contributed by atoms with Gasteiger partial charge in [-0.3, -0.25) is 0 Å². The molecule has 0 amide bonds. The third-order valence-electron chi connectivity index (χ3n) is 3.80. The van der Waals surface area contributed by atoms with Gasteiger partial charge in [-0.1, -0.05) is 55.8 Å². The van der Waals surface area contributed by atoms with Gasteiger partial charge in [0.05, 0.1) is 12.1 Å². The molecule has 0 aromatic heterocycles. The highest BCUT2D eigenvalue weighted by molar-refractivity contribution is 5.86. The van der Waals surface area contributed by atoms with Crippen LogP contribution in [0.3, 0.4) is 0 Å². The van der Waals surface area contributed by atoms with E-state index in [1.165, 1.54) is 16.3 Å². The van der Waals surface area contributed by atoms with Crippen molar-refractivity contribution in [3.63, 3.8) is 0 Å². The zero-order chi connectivity index (χ0) is 14.4. The summed E-state index contributed by atoms with van der Waals surface area (Å²) in [4.78, 5) is 0. The molecule has 2 heteroatoms. The molecule has 0 spiro atoms. The van der Waals surface area contributed by atoms with Crippen LogP contribution in [0.2, 0.25) is 0 Å². The lowest BCUT2D eigenvalue weighted by atomic mass is 9.93. The van der Waals surface area contributed by atoms with Crippen molar-refractivity contribution in [2.24, 2.45) is 0 Å². The Kier molecular flexibility index (Phi) is 5.57. The van der Waals surface area contributed by atoms with E-state index in [1.807, 2.05) is 7.05 Å². The van der Waals surface area contributed by atoms with Gasteiger partial charge in [0, 0.05) is 6.61 Å². The van der Waals surface area contributed by atoms with Crippen LogP contribution in [-0.4, -0.2) is 19.8 Å². The van der Waals surface area contributed by atoms with E-state index in [0.29, 0.717) is 0 Å². The Morgan fingerprint density at radius 1 is 1.05 bits per heavy atom. The molecule has 0 bridgehead atoms. The summed E-state index contributed by atoms with van der Waals surface area (Å²) in [6.07, 6.45) is 2.43. The first-order valence-corrected chi connectivity index (χ1v) is 7.58. The fraction of sp³-hybridized carbons (Fsp3) is 0.444. The molecule has 0 radical (unpaired) electrons. The average molecular weight is 271 g/mol. The van der Waals surface area contributed by atoms with Gasteiger partial charge < -0.3 is 10.1 Å². The quantitative estimate of drug-likeness (QED) is 0.810. The summed E-state index contributed by atoms with van der Waals surface area (Å²) in [6.45, 7) is 5.04. The topological polar surface area (TPSA) is 21.3 Å². The van der Waals surface area contributed by atoms with Crippen LogP contribution in [0.25, 0.3) is 10.8 Å². The van der Waals surface area contributed by atoms with Crippen molar-refractivity contribution in [1.29, 1.82) is 0 Å². The predicted molar refractivity (Wildman–Crippen MR) is 86.1 cm³/mol. The van der Waals surface area contributed by atoms with E-state index in [1.54, 1.807) is 0 Å². The maximum absolute atomic E-state index is 5.98. The monoisotopic (exact) mass is 271 g/mol. The fourth-order valence-electron chi connectivity index (χ4n) is 2.91. The Balaban J connectivity index is 2.42. The molecule has 2 atom stereocenters. The van der Waals surface area contributed by atoms with Crippen molar-refractivity contribution in [3.05, 3.63) is 48.0 Å². The number of ether oxygens (including phenoxy) is 1. The Hall–Kier alpha value is -1.38. The van der Waals surface area contributed by atoms with Crippen LogP contribution >= 0.6 is 0 Å². The highest BCUT2D eigenvalue weighted by atomic mass is 16.5. The molecule has 0 aliphatic carbocycles. The van der Waals surface area contributed by atoms with Crippen LogP contribution in [0.15, 0.2) is 42.5 Å². The predicted octanol–water partition coefficient (Wildman–Crippen LogP) is 4.31. The Morgan fingerprint density at radius 3 is 2.50 bits per heavy atom. The molecule has 2 aromatic carbocycles. The van der Waals surface area contributed by atoms with Crippen LogP contribution in [0.1, 0.15) is 38.3 Å². The standard InChI is InChI=1S/C18H25NO/c1-4-9-17(20-5-2)18(19-3)16-13-8-11-14-10-6-7-12-15(14)16/h6-8,10-13,17-19H,4-5,9H2,1-3H3. The van der Waals surface area contributed by atoms with E-state index < -0.39 is 0 Å². The van der Waals surface area contributed by atoms with E-state index >= 15 is 0 Å². The minimum atomic E-state index is 0.223. The van der Waals surface area contributed by atoms with Crippen molar-refractivity contribution in [3.8, 4) is 0 Å². The maximum atomic E-state index is 5.98. The minimum absolute atomic E-state index is 0.223. The number of benzene rings is 2. The first-order chi connectivity index (χ1) is 9.81. The molecule has 0 saturated heterocycles. The molecule has 0 fully saturated rings.